The van der Waals surface area contributed by atoms with Gasteiger partial charge >= 0.3 is 0 Å². The molecule has 4 heterocycles. The molecule has 1 amide bonds. The van der Waals surface area contributed by atoms with E-state index in [1.54, 1.807) is 24.4 Å². The zero-order chi connectivity index (χ0) is 15.1. The molecule has 4 rings (SSSR count). The molecule has 0 aliphatic carbocycles. The second-order valence-corrected chi connectivity index (χ2v) is 6.23. The van der Waals surface area contributed by atoms with Gasteiger partial charge in [-0.2, -0.15) is 0 Å². The molecule has 3 atom stereocenters. The van der Waals surface area contributed by atoms with E-state index in [1.165, 1.54) is 6.42 Å². The largest absolute Gasteiger partial charge is 0.451 e. The van der Waals surface area contributed by atoms with Crippen LogP contribution in [0.4, 0.5) is 0 Å². The quantitative estimate of drug-likeness (QED) is 0.854. The molecule has 0 spiro atoms. The minimum atomic E-state index is -0.175. The summed E-state index contributed by atoms with van der Waals surface area (Å²) in [7, 11) is 0. The van der Waals surface area contributed by atoms with Crippen molar-refractivity contribution in [3.63, 3.8) is 0 Å². The topological polar surface area (TPSA) is 67.2 Å². The Labute approximate surface area is 133 Å². The first-order valence-corrected chi connectivity index (χ1v) is 7.86. The van der Waals surface area contributed by atoms with Crippen molar-refractivity contribution in [2.75, 3.05) is 0 Å². The third kappa shape index (κ3) is 2.40. The van der Waals surface area contributed by atoms with Crippen LogP contribution in [0, 0.1) is 0 Å². The predicted molar refractivity (Wildman–Crippen MR) is 82.8 cm³/mol. The molecule has 2 aliphatic heterocycles. The Kier molecular flexibility index (Phi) is 3.39. The maximum Gasteiger partial charge on any atom is 0.287 e. The number of furan rings is 1. The first-order valence-electron chi connectivity index (χ1n) is 7.48. The van der Waals surface area contributed by atoms with E-state index in [9.17, 15) is 4.79 Å². The maximum atomic E-state index is 12.3. The van der Waals surface area contributed by atoms with Crippen molar-refractivity contribution in [1.29, 1.82) is 0 Å². The Morgan fingerprint density at radius 3 is 3.00 bits per heavy atom. The first kappa shape index (κ1) is 13.8. The van der Waals surface area contributed by atoms with Crippen LogP contribution in [-0.4, -0.2) is 29.0 Å². The molecule has 2 aromatic heterocycles. The Bertz CT molecular complexity index is 715. The van der Waals surface area contributed by atoms with Crippen molar-refractivity contribution < 1.29 is 9.21 Å². The molecule has 114 valence electrons. The fourth-order valence-corrected chi connectivity index (χ4v) is 3.61. The number of pyridine rings is 1. The zero-order valence-electron chi connectivity index (χ0n) is 11.9. The number of fused-ring (bicyclic) bond motifs is 2. The second-order valence-electron chi connectivity index (χ2n) is 5.87. The second kappa shape index (κ2) is 5.41. The number of halogens is 1. The summed E-state index contributed by atoms with van der Waals surface area (Å²) in [5.74, 6) is 0.678. The Balaban J connectivity index is 1.49. The number of hydrogen-bond donors (Lipinski definition) is 2. The molecule has 0 saturated carbocycles. The molecule has 22 heavy (non-hydrogen) atoms. The summed E-state index contributed by atoms with van der Waals surface area (Å²) in [6.45, 7) is 0. The zero-order valence-corrected chi connectivity index (χ0v) is 12.6. The Morgan fingerprint density at radius 2 is 2.27 bits per heavy atom. The molecule has 0 radical (unpaired) electrons. The highest BCUT2D eigenvalue weighted by Crippen LogP contribution is 2.30. The fraction of sp³-hybridized carbons (Fsp3) is 0.375. The van der Waals surface area contributed by atoms with Gasteiger partial charge < -0.3 is 15.1 Å². The van der Waals surface area contributed by atoms with Gasteiger partial charge in [-0.3, -0.25) is 4.79 Å². The number of nitrogens with one attached hydrogen (secondary N) is 2. The number of carbonyl (C=O) groups is 1. The molecule has 5 nitrogen and oxygen atoms in total. The summed E-state index contributed by atoms with van der Waals surface area (Å²) in [6.07, 6.45) is 4.95. The molecular formula is C16H16ClN3O2. The fourth-order valence-electron chi connectivity index (χ4n) is 3.40. The highest BCUT2D eigenvalue weighted by atomic mass is 35.5. The average molecular weight is 318 g/mol. The summed E-state index contributed by atoms with van der Waals surface area (Å²) >= 11 is 6.05. The van der Waals surface area contributed by atoms with Gasteiger partial charge in [-0.25, -0.2) is 4.98 Å². The van der Waals surface area contributed by atoms with Gasteiger partial charge in [0.05, 0.1) is 5.56 Å². The van der Waals surface area contributed by atoms with Crippen LogP contribution < -0.4 is 10.6 Å². The number of aromatic nitrogens is 1. The van der Waals surface area contributed by atoms with E-state index in [2.05, 4.69) is 15.6 Å². The van der Waals surface area contributed by atoms with Crippen LogP contribution in [0.3, 0.4) is 0 Å². The van der Waals surface area contributed by atoms with Gasteiger partial charge in [0.25, 0.3) is 5.91 Å². The van der Waals surface area contributed by atoms with Crippen LogP contribution in [0.15, 0.2) is 34.9 Å². The molecule has 2 aliphatic rings. The highest BCUT2D eigenvalue weighted by molar-refractivity contribution is 6.31. The molecular weight excluding hydrogens is 302 g/mol. The number of rotatable bonds is 3. The molecule has 2 fully saturated rings. The lowest BCUT2D eigenvalue weighted by molar-refractivity contribution is 0.0903. The van der Waals surface area contributed by atoms with Crippen LogP contribution in [0.25, 0.3) is 11.3 Å². The predicted octanol–water partition coefficient (Wildman–Crippen LogP) is 2.62. The van der Waals surface area contributed by atoms with Gasteiger partial charge in [-0.15, -0.1) is 0 Å². The van der Waals surface area contributed by atoms with Crippen LogP contribution >= 0.6 is 11.6 Å². The van der Waals surface area contributed by atoms with Gasteiger partial charge in [0.2, 0.25) is 0 Å². The van der Waals surface area contributed by atoms with Crippen molar-refractivity contribution in [1.82, 2.24) is 15.6 Å². The standard InChI is InChI=1S/C16H16ClN3O2/c17-15-10(2-1-7-18-15)13-5-6-14(22-13)16(21)20-12-8-9-3-4-11(12)19-9/h1-2,5-7,9,11-12,19H,3-4,8H2,(H,20,21). The van der Waals surface area contributed by atoms with Gasteiger partial charge in [-0.05, 0) is 43.5 Å². The summed E-state index contributed by atoms with van der Waals surface area (Å²) < 4.78 is 5.65. The Morgan fingerprint density at radius 1 is 1.36 bits per heavy atom. The van der Waals surface area contributed by atoms with Crippen molar-refractivity contribution in [2.45, 2.75) is 37.4 Å². The average Bonchev–Trinajstić information content (AvgIpc) is 3.24. The number of carbonyl (C=O) groups excluding carboxylic acids is 1. The van der Waals surface area contributed by atoms with Crippen molar-refractivity contribution in [2.24, 2.45) is 0 Å². The number of nitrogens with zero attached hydrogens (tertiary/aromatic N) is 1. The lowest BCUT2D eigenvalue weighted by Crippen LogP contribution is -2.42. The molecule has 0 aromatic carbocycles. The maximum absolute atomic E-state index is 12.3. The van der Waals surface area contributed by atoms with E-state index < -0.39 is 0 Å². The van der Waals surface area contributed by atoms with Crippen LogP contribution in [-0.2, 0) is 0 Å². The summed E-state index contributed by atoms with van der Waals surface area (Å²) in [5.41, 5.74) is 0.685. The van der Waals surface area contributed by atoms with Gasteiger partial charge in [0, 0.05) is 24.3 Å². The number of amides is 1. The smallest absolute Gasteiger partial charge is 0.287 e. The minimum Gasteiger partial charge on any atom is -0.451 e. The van der Waals surface area contributed by atoms with E-state index in [-0.39, 0.29) is 11.9 Å². The third-order valence-electron chi connectivity index (χ3n) is 4.47. The summed E-state index contributed by atoms with van der Waals surface area (Å²) in [5, 5.41) is 6.93. The monoisotopic (exact) mass is 317 g/mol. The van der Waals surface area contributed by atoms with E-state index >= 15 is 0 Å². The Hall–Kier alpha value is -1.85. The molecule has 2 aromatic rings. The van der Waals surface area contributed by atoms with E-state index in [1.807, 2.05) is 6.07 Å². The van der Waals surface area contributed by atoms with Crippen LogP contribution in [0.2, 0.25) is 5.15 Å². The molecule has 6 heteroatoms. The van der Waals surface area contributed by atoms with Crippen molar-refractivity contribution in [3.05, 3.63) is 41.4 Å². The molecule has 2 N–H and O–H groups in total. The van der Waals surface area contributed by atoms with Gasteiger partial charge in [0.15, 0.2) is 5.76 Å². The summed E-state index contributed by atoms with van der Waals surface area (Å²) in [6, 6.07) is 8.17. The lowest BCUT2D eigenvalue weighted by Gasteiger charge is -2.20. The van der Waals surface area contributed by atoms with Crippen LogP contribution in [0.1, 0.15) is 29.8 Å². The number of hydrogen-bond acceptors (Lipinski definition) is 4. The summed E-state index contributed by atoms with van der Waals surface area (Å²) in [4.78, 5) is 16.3. The lowest BCUT2D eigenvalue weighted by atomic mass is 9.95. The van der Waals surface area contributed by atoms with Crippen molar-refractivity contribution in [3.8, 4) is 11.3 Å². The molecule has 2 bridgehead atoms. The van der Waals surface area contributed by atoms with Gasteiger partial charge in [0.1, 0.15) is 10.9 Å². The van der Waals surface area contributed by atoms with Gasteiger partial charge in [-0.1, -0.05) is 11.6 Å². The van der Waals surface area contributed by atoms with E-state index in [0.717, 1.165) is 12.8 Å². The van der Waals surface area contributed by atoms with Crippen molar-refractivity contribution >= 4 is 17.5 Å². The third-order valence-corrected chi connectivity index (χ3v) is 4.77. The van der Waals surface area contributed by atoms with Crippen LogP contribution in [0.5, 0.6) is 0 Å². The van der Waals surface area contributed by atoms with E-state index in [0.29, 0.717) is 34.3 Å². The van der Waals surface area contributed by atoms with E-state index in [4.69, 9.17) is 16.0 Å². The normalized spacial score (nSPS) is 26.3. The minimum absolute atomic E-state index is 0.175. The highest BCUT2D eigenvalue weighted by Gasteiger charge is 2.39. The molecule has 3 unspecified atom stereocenters. The first-order chi connectivity index (χ1) is 10.7. The SMILES string of the molecule is O=C(NC1CC2CCC1N2)c1ccc(-c2cccnc2Cl)o1. The molecule has 2 saturated heterocycles.